The fraction of sp³-hybridized carbons (Fsp3) is 0.409. The van der Waals surface area contributed by atoms with Gasteiger partial charge in [0.25, 0.3) is 5.91 Å². The molecule has 144 valence electrons. The van der Waals surface area contributed by atoms with Crippen molar-refractivity contribution in [2.45, 2.75) is 38.2 Å². The van der Waals surface area contributed by atoms with Crippen LogP contribution in [0.15, 0.2) is 48.5 Å². The molecular formula is C22H27NO4. The lowest BCUT2D eigenvalue weighted by molar-refractivity contribution is -0.124. The summed E-state index contributed by atoms with van der Waals surface area (Å²) in [6.07, 6.45) is 0.430. The van der Waals surface area contributed by atoms with E-state index in [1.165, 1.54) is 5.56 Å². The minimum atomic E-state index is -1.13. The molecule has 2 N–H and O–H groups in total. The molecule has 3 rings (SSSR count). The molecule has 0 radical (unpaired) electrons. The summed E-state index contributed by atoms with van der Waals surface area (Å²) in [7, 11) is 0. The molecule has 0 bridgehead atoms. The smallest absolute Gasteiger partial charge is 0.258 e. The van der Waals surface area contributed by atoms with Crippen molar-refractivity contribution in [3.05, 3.63) is 59.7 Å². The highest BCUT2D eigenvalue weighted by atomic mass is 16.5. The highest BCUT2D eigenvalue weighted by Crippen LogP contribution is 2.36. The maximum Gasteiger partial charge on any atom is 0.258 e. The number of carbonyl (C=O) groups is 1. The van der Waals surface area contributed by atoms with Crippen LogP contribution < -0.4 is 14.8 Å². The van der Waals surface area contributed by atoms with Gasteiger partial charge in [0.15, 0.2) is 6.61 Å². The van der Waals surface area contributed by atoms with E-state index in [1.807, 2.05) is 48.5 Å². The third kappa shape index (κ3) is 4.61. The Hall–Kier alpha value is -2.53. The van der Waals surface area contributed by atoms with Crippen molar-refractivity contribution < 1.29 is 19.4 Å². The Kier molecular flexibility index (Phi) is 5.42. The number of benzene rings is 2. The van der Waals surface area contributed by atoms with Gasteiger partial charge in [0.1, 0.15) is 17.1 Å². The lowest BCUT2D eigenvalue weighted by Crippen LogP contribution is -2.45. The molecule has 0 aliphatic carbocycles. The van der Waals surface area contributed by atoms with E-state index in [1.54, 1.807) is 0 Å². The Morgan fingerprint density at radius 1 is 1.19 bits per heavy atom. The zero-order valence-corrected chi connectivity index (χ0v) is 16.1. The number of para-hydroxylation sites is 1. The minimum Gasteiger partial charge on any atom is -0.493 e. The van der Waals surface area contributed by atoms with Gasteiger partial charge >= 0.3 is 0 Å². The predicted octanol–water partition coefficient (Wildman–Crippen LogP) is 3.15. The van der Waals surface area contributed by atoms with Crippen LogP contribution in [0.25, 0.3) is 0 Å². The summed E-state index contributed by atoms with van der Waals surface area (Å²) in [5.41, 5.74) is 0.861. The van der Waals surface area contributed by atoms with E-state index >= 15 is 0 Å². The van der Waals surface area contributed by atoms with E-state index in [0.29, 0.717) is 30.1 Å². The van der Waals surface area contributed by atoms with Crippen molar-refractivity contribution in [3.8, 4) is 11.5 Å². The second-order valence-electron chi connectivity index (χ2n) is 7.97. The van der Waals surface area contributed by atoms with Crippen LogP contribution >= 0.6 is 0 Å². The molecule has 1 aliphatic rings. The second-order valence-corrected chi connectivity index (χ2v) is 7.97. The van der Waals surface area contributed by atoms with Gasteiger partial charge in [-0.1, -0.05) is 51.1 Å². The minimum absolute atomic E-state index is 0.0748. The van der Waals surface area contributed by atoms with Crippen LogP contribution in [0.3, 0.4) is 0 Å². The maximum absolute atomic E-state index is 12.2. The summed E-state index contributed by atoms with van der Waals surface area (Å²) in [5, 5.41) is 13.7. The first-order chi connectivity index (χ1) is 12.8. The van der Waals surface area contributed by atoms with Gasteiger partial charge in [-0.2, -0.15) is 0 Å². The molecule has 5 nitrogen and oxygen atoms in total. The van der Waals surface area contributed by atoms with Gasteiger partial charge in [0, 0.05) is 12.0 Å². The molecule has 5 heteroatoms. The van der Waals surface area contributed by atoms with Crippen LogP contribution in [0.1, 0.15) is 38.3 Å². The topological polar surface area (TPSA) is 67.8 Å². The Morgan fingerprint density at radius 3 is 2.59 bits per heavy atom. The molecule has 1 heterocycles. The van der Waals surface area contributed by atoms with Gasteiger partial charge in [-0.15, -0.1) is 0 Å². The first-order valence-corrected chi connectivity index (χ1v) is 9.23. The van der Waals surface area contributed by atoms with E-state index in [-0.39, 0.29) is 24.5 Å². The van der Waals surface area contributed by atoms with Crippen LogP contribution in [-0.2, 0) is 15.8 Å². The van der Waals surface area contributed by atoms with Gasteiger partial charge in [-0.05, 0) is 29.2 Å². The molecular weight excluding hydrogens is 342 g/mol. The molecule has 1 atom stereocenters. The summed E-state index contributed by atoms with van der Waals surface area (Å²) >= 11 is 0. The summed E-state index contributed by atoms with van der Waals surface area (Å²) in [6, 6.07) is 15.1. The highest BCUT2D eigenvalue weighted by Gasteiger charge is 2.35. The van der Waals surface area contributed by atoms with Crippen LogP contribution in [-0.4, -0.2) is 30.8 Å². The average molecular weight is 369 g/mol. The average Bonchev–Trinajstić information content (AvgIpc) is 2.65. The molecule has 0 aromatic heterocycles. The number of amides is 1. The lowest BCUT2D eigenvalue weighted by Gasteiger charge is -2.34. The molecule has 1 unspecified atom stereocenters. The van der Waals surface area contributed by atoms with E-state index < -0.39 is 5.60 Å². The van der Waals surface area contributed by atoms with Gasteiger partial charge in [0.05, 0.1) is 13.2 Å². The predicted molar refractivity (Wildman–Crippen MR) is 104 cm³/mol. The monoisotopic (exact) mass is 369 g/mol. The van der Waals surface area contributed by atoms with Crippen LogP contribution in [0.4, 0.5) is 0 Å². The fourth-order valence-electron chi connectivity index (χ4n) is 3.12. The Morgan fingerprint density at radius 2 is 1.89 bits per heavy atom. The zero-order chi connectivity index (χ0) is 19.5. The zero-order valence-electron chi connectivity index (χ0n) is 16.1. The third-order valence-corrected chi connectivity index (χ3v) is 4.83. The van der Waals surface area contributed by atoms with Crippen molar-refractivity contribution in [1.82, 2.24) is 5.32 Å². The summed E-state index contributed by atoms with van der Waals surface area (Å²) < 4.78 is 11.1. The van der Waals surface area contributed by atoms with Gasteiger partial charge in [-0.25, -0.2) is 0 Å². The molecule has 0 saturated heterocycles. The summed E-state index contributed by atoms with van der Waals surface area (Å²) in [4.78, 5) is 12.2. The number of rotatable bonds is 5. The van der Waals surface area contributed by atoms with E-state index in [0.717, 1.165) is 0 Å². The fourth-order valence-corrected chi connectivity index (χ4v) is 3.12. The van der Waals surface area contributed by atoms with Gasteiger partial charge < -0.3 is 19.9 Å². The second kappa shape index (κ2) is 7.61. The number of carbonyl (C=O) groups excluding carboxylic acids is 1. The Labute approximate surface area is 160 Å². The van der Waals surface area contributed by atoms with Gasteiger partial charge in [-0.3, -0.25) is 4.79 Å². The molecule has 27 heavy (non-hydrogen) atoms. The molecule has 1 amide bonds. The summed E-state index contributed by atoms with van der Waals surface area (Å²) in [5.74, 6) is 1.04. The number of hydrogen-bond donors (Lipinski definition) is 2. The van der Waals surface area contributed by atoms with Crippen molar-refractivity contribution in [2.75, 3.05) is 19.8 Å². The molecule has 0 fully saturated rings. The van der Waals surface area contributed by atoms with E-state index in [2.05, 4.69) is 26.1 Å². The van der Waals surface area contributed by atoms with Crippen molar-refractivity contribution >= 4 is 5.91 Å². The molecule has 0 saturated carbocycles. The largest absolute Gasteiger partial charge is 0.493 e. The maximum atomic E-state index is 12.2. The number of nitrogens with one attached hydrogen (secondary N) is 1. The summed E-state index contributed by atoms with van der Waals surface area (Å²) in [6.45, 7) is 6.89. The van der Waals surface area contributed by atoms with Crippen molar-refractivity contribution in [3.63, 3.8) is 0 Å². The van der Waals surface area contributed by atoms with Gasteiger partial charge in [0.2, 0.25) is 0 Å². The van der Waals surface area contributed by atoms with Crippen LogP contribution in [0.2, 0.25) is 0 Å². The highest BCUT2D eigenvalue weighted by molar-refractivity contribution is 5.77. The standard InChI is InChI=1S/C22H27NO4/c1-21(2,3)16-8-10-17(11-9-16)27-14-20(24)23-15-22(25)12-13-26-19-7-5-4-6-18(19)22/h4-11,25H,12-15H2,1-3H3,(H,23,24). The molecule has 0 spiro atoms. The quantitative estimate of drug-likeness (QED) is 0.850. The molecule has 2 aromatic carbocycles. The lowest BCUT2D eigenvalue weighted by atomic mass is 9.87. The number of fused-ring (bicyclic) bond motifs is 1. The van der Waals surface area contributed by atoms with Crippen molar-refractivity contribution in [2.24, 2.45) is 0 Å². The van der Waals surface area contributed by atoms with E-state index in [9.17, 15) is 9.90 Å². The number of aliphatic hydroxyl groups is 1. The van der Waals surface area contributed by atoms with Crippen LogP contribution in [0, 0.1) is 0 Å². The first-order valence-electron chi connectivity index (χ1n) is 9.23. The van der Waals surface area contributed by atoms with Crippen molar-refractivity contribution in [1.29, 1.82) is 0 Å². The molecule has 2 aromatic rings. The molecule has 1 aliphatic heterocycles. The Balaban J connectivity index is 1.53. The normalized spacial score (nSPS) is 19.0. The third-order valence-electron chi connectivity index (χ3n) is 4.83. The first kappa shape index (κ1) is 19.2. The number of ether oxygens (including phenoxy) is 2. The SMILES string of the molecule is CC(C)(C)c1ccc(OCC(=O)NCC2(O)CCOc3ccccc32)cc1. The van der Waals surface area contributed by atoms with E-state index in [4.69, 9.17) is 9.47 Å². The van der Waals surface area contributed by atoms with Crippen LogP contribution in [0.5, 0.6) is 11.5 Å². The number of hydrogen-bond acceptors (Lipinski definition) is 4. The Bertz CT molecular complexity index is 795.